The molecule has 0 N–H and O–H groups in total. The first-order chi connectivity index (χ1) is 13.1. The third kappa shape index (κ3) is 3.32. The molecular weight excluding hydrogens is 368 g/mol. The first-order valence-electron chi connectivity index (χ1n) is 8.74. The molecule has 0 amide bonds. The van der Waals surface area contributed by atoms with Crippen LogP contribution in [0.5, 0.6) is 11.5 Å². The van der Waals surface area contributed by atoms with E-state index in [1.54, 1.807) is 12.2 Å². The minimum atomic E-state index is -0.543. The maximum Gasteiger partial charge on any atom is 0.311 e. The topological polar surface area (TPSA) is 71.1 Å². The second-order valence-electron chi connectivity index (χ2n) is 6.67. The highest BCUT2D eigenvalue weighted by Crippen LogP contribution is 2.48. The predicted molar refractivity (Wildman–Crippen MR) is 99.5 cm³/mol. The molecule has 0 spiro atoms. The SMILES string of the molecule is C=C/C=C(/CC(=O)OC1c2cc3c(cc2C[C@H]2C(=O)OCC12)OCO3)SC. The van der Waals surface area contributed by atoms with Gasteiger partial charge in [0.1, 0.15) is 6.10 Å². The summed E-state index contributed by atoms with van der Waals surface area (Å²) in [5.41, 5.74) is 1.80. The Morgan fingerprint density at radius 2 is 2.11 bits per heavy atom. The van der Waals surface area contributed by atoms with Crippen LogP contribution in [-0.2, 0) is 25.5 Å². The first-order valence-corrected chi connectivity index (χ1v) is 9.97. The third-order valence-corrected chi connectivity index (χ3v) is 5.95. The van der Waals surface area contributed by atoms with Gasteiger partial charge in [-0.2, -0.15) is 0 Å². The van der Waals surface area contributed by atoms with Crippen molar-refractivity contribution < 1.29 is 28.5 Å². The van der Waals surface area contributed by atoms with E-state index in [1.165, 1.54) is 11.8 Å². The molecule has 142 valence electrons. The zero-order chi connectivity index (χ0) is 19.0. The molecule has 1 aliphatic carbocycles. The summed E-state index contributed by atoms with van der Waals surface area (Å²) >= 11 is 1.48. The summed E-state index contributed by atoms with van der Waals surface area (Å²) in [6, 6.07) is 3.74. The molecule has 2 heterocycles. The van der Waals surface area contributed by atoms with E-state index in [9.17, 15) is 9.59 Å². The van der Waals surface area contributed by atoms with Crippen LogP contribution >= 0.6 is 11.8 Å². The number of carbonyl (C=O) groups is 2. The number of benzene rings is 1. The predicted octanol–water partition coefficient (Wildman–Crippen LogP) is 3.17. The minimum absolute atomic E-state index is 0.162. The van der Waals surface area contributed by atoms with Gasteiger partial charge in [0.2, 0.25) is 6.79 Å². The number of allylic oxidation sites excluding steroid dienone is 2. The Balaban J connectivity index is 1.64. The fourth-order valence-corrected chi connectivity index (χ4v) is 4.32. The van der Waals surface area contributed by atoms with Gasteiger partial charge in [-0.25, -0.2) is 0 Å². The summed E-state index contributed by atoms with van der Waals surface area (Å²) in [5.74, 6) is 0.221. The van der Waals surface area contributed by atoms with Crippen molar-refractivity contribution in [3.63, 3.8) is 0 Å². The normalized spacial score (nSPS) is 25.4. The second kappa shape index (κ2) is 7.31. The van der Waals surface area contributed by atoms with Crippen molar-refractivity contribution >= 4 is 23.7 Å². The van der Waals surface area contributed by atoms with Gasteiger partial charge in [-0.3, -0.25) is 9.59 Å². The molecular formula is C20H20O6S. The fourth-order valence-electron chi connectivity index (χ4n) is 3.83. The smallest absolute Gasteiger partial charge is 0.311 e. The van der Waals surface area contributed by atoms with Gasteiger partial charge in [-0.1, -0.05) is 18.7 Å². The second-order valence-corrected chi connectivity index (χ2v) is 7.60. The molecule has 0 radical (unpaired) electrons. The number of thioether (sulfide) groups is 1. The Bertz CT molecular complexity index is 830. The van der Waals surface area contributed by atoms with Crippen molar-refractivity contribution in [2.75, 3.05) is 19.7 Å². The molecule has 3 aliphatic rings. The largest absolute Gasteiger partial charge is 0.465 e. The van der Waals surface area contributed by atoms with Gasteiger partial charge in [0, 0.05) is 11.5 Å². The molecule has 3 atom stereocenters. The van der Waals surface area contributed by atoms with E-state index in [4.69, 9.17) is 18.9 Å². The standard InChI is InChI=1S/C20H20O6S/c1-3-4-12(27-2)7-18(21)26-19-13-8-17-16(24-10-25-17)6-11(13)5-14-15(19)9-23-20(14)22/h3-4,6,8,14-15,19H,1,5,7,9-10H2,2H3/b12-4-/t14-,15?,19?/m1/s1. The number of esters is 2. The quantitative estimate of drug-likeness (QED) is 0.567. The van der Waals surface area contributed by atoms with Crippen molar-refractivity contribution in [3.8, 4) is 11.5 Å². The monoisotopic (exact) mass is 388 g/mol. The number of hydrogen-bond donors (Lipinski definition) is 0. The summed E-state index contributed by atoms with van der Waals surface area (Å²) in [6.45, 7) is 4.09. The van der Waals surface area contributed by atoms with E-state index in [2.05, 4.69) is 6.58 Å². The lowest BCUT2D eigenvalue weighted by Gasteiger charge is -2.32. The molecule has 1 fully saturated rings. The van der Waals surface area contributed by atoms with Crippen molar-refractivity contribution in [1.29, 1.82) is 0 Å². The number of fused-ring (bicyclic) bond motifs is 3. The van der Waals surface area contributed by atoms with Gasteiger partial charge in [0.15, 0.2) is 11.5 Å². The highest BCUT2D eigenvalue weighted by atomic mass is 32.2. The molecule has 4 rings (SSSR count). The average molecular weight is 388 g/mol. The molecule has 1 aromatic rings. The molecule has 0 saturated carbocycles. The van der Waals surface area contributed by atoms with Crippen molar-refractivity contribution in [1.82, 2.24) is 0 Å². The zero-order valence-corrected chi connectivity index (χ0v) is 15.8. The van der Waals surface area contributed by atoms with Crippen LogP contribution in [0.4, 0.5) is 0 Å². The van der Waals surface area contributed by atoms with Crippen LogP contribution in [0.2, 0.25) is 0 Å². The molecule has 27 heavy (non-hydrogen) atoms. The summed E-state index contributed by atoms with van der Waals surface area (Å²) in [4.78, 5) is 25.6. The summed E-state index contributed by atoms with van der Waals surface area (Å²) in [7, 11) is 0. The Kier molecular flexibility index (Phi) is 4.86. The maximum absolute atomic E-state index is 12.6. The van der Waals surface area contributed by atoms with Gasteiger partial charge in [0.05, 0.1) is 18.9 Å². The van der Waals surface area contributed by atoms with Crippen LogP contribution < -0.4 is 9.47 Å². The number of ether oxygens (including phenoxy) is 4. The minimum Gasteiger partial charge on any atom is -0.465 e. The van der Waals surface area contributed by atoms with E-state index in [1.807, 2.05) is 18.4 Å². The molecule has 6 nitrogen and oxygen atoms in total. The van der Waals surface area contributed by atoms with E-state index in [0.29, 0.717) is 17.9 Å². The number of cyclic esters (lactones) is 1. The van der Waals surface area contributed by atoms with Gasteiger partial charge in [-0.05, 0) is 35.3 Å². The van der Waals surface area contributed by atoms with Gasteiger partial charge >= 0.3 is 11.9 Å². The Morgan fingerprint density at radius 1 is 1.33 bits per heavy atom. The van der Waals surface area contributed by atoms with E-state index in [0.717, 1.165) is 16.0 Å². The van der Waals surface area contributed by atoms with E-state index < -0.39 is 6.10 Å². The van der Waals surface area contributed by atoms with Crippen molar-refractivity contribution in [3.05, 3.63) is 46.9 Å². The zero-order valence-electron chi connectivity index (χ0n) is 14.9. The Morgan fingerprint density at radius 3 is 2.85 bits per heavy atom. The molecule has 2 aliphatic heterocycles. The van der Waals surface area contributed by atoms with E-state index in [-0.39, 0.29) is 43.6 Å². The van der Waals surface area contributed by atoms with Crippen LogP contribution in [0, 0.1) is 11.8 Å². The van der Waals surface area contributed by atoms with Crippen LogP contribution in [0.25, 0.3) is 0 Å². The Labute approximate surface area is 161 Å². The van der Waals surface area contributed by atoms with Crippen molar-refractivity contribution in [2.45, 2.75) is 18.9 Å². The van der Waals surface area contributed by atoms with E-state index >= 15 is 0 Å². The lowest BCUT2D eigenvalue weighted by atomic mass is 9.75. The summed E-state index contributed by atoms with van der Waals surface area (Å²) in [5, 5.41) is 0. The fraction of sp³-hybridized carbons (Fsp3) is 0.400. The summed E-state index contributed by atoms with van der Waals surface area (Å²) < 4.78 is 22.1. The van der Waals surface area contributed by atoms with Gasteiger partial charge in [-0.15, -0.1) is 11.8 Å². The molecule has 2 unspecified atom stereocenters. The number of carbonyl (C=O) groups excluding carboxylic acids is 2. The Hall–Kier alpha value is -2.41. The third-order valence-electron chi connectivity index (χ3n) is 5.15. The summed E-state index contributed by atoms with van der Waals surface area (Å²) in [6.07, 6.45) is 5.52. The highest BCUT2D eigenvalue weighted by molar-refractivity contribution is 8.02. The molecule has 1 aromatic carbocycles. The molecule has 0 aromatic heterocycles. The molecule has 1 saturated heterocycles. The van der Waals surface area contributed by atoms with Crippen LogP contribution in [-0.4, -0.2) is 31.6 Å². The average Bonchev–Trinajstić information content (AvgIpc) is 3.26. The van der Waals surface area contributed by atoms with Crippen molar-refractivity contribution in [2.24, 2.45) is 11.8 Å². The molecule has 0 bridgehead atoms. The van der Waals surface area contributed by atoms with Crippen LogP contribution in [0.1, 0.15) is 23.7 Å². The van der Waals surface area contributed by atoms with Gasteiger partial charge < -0.3 is 18.9 Å². The number of hydrogen-bond acceptors (Lipinski definition) is 7. The number of rotatable bonds is 5. The maximum atomic E-state index is 12.6. The van der Waals surface area contributed by atoms with Crippen LogP contribution in [0.3, 0.4) is 0 Å². The highest BCUT2D eigenvalue weighted by Gasteiger charge is 2.48. The molecule has 7 heteroatoms. The first kappa shape index (κ1) is 18.0. The van der Waals surface area contributed by atoms with Gasteiger partial charge in [0.25, 0.3) is 0 Å². The lowest BCUT2D eigenvalue weighted by molar-refractivity contribution is -0.153. The van der Waals surface area contributed by atoms with Crippen LogP contribution in [0.15, 0.2) is 35.8 Å². The lowest BCUT2D eigenvalue weighted by Crippen LogP contribution is -2.33.